The van der Waals surface area contributed by atoms with E-state index in [0.717, 1.165) is 22.6 Å². The molecular formula is C24H23N3OS. The first-order valence-corrected chi connectivity index (χ1v) is 10.5. The molecule has 146 valence electrons. The number of aromatic nitrogens is 2. The van der Waals surface area contributed by atoms with Gasteiger partial charge in [-0.25, -0.2) is 4.98 Å². The van der Waals surface area contributed by atoms with Crippen molar-refractivity contribution in [3.05, 3.63) is 94.3 Å². The number of nitrogens with zero attached hydrogens (tertiary/aromatic N) is 3. The van der Waals surface area contributed by atoms with Crippen LogP contribution in [-0.2, 0) is 5.75 Å². The number of fused-ring (bicyclic) bond motifs is 1. The standard InChI is InChI=1S/C24H23N3OS/c1-17-8-10-18(11-9-17)16-29-24-25-22-7-5-4-6-21(22)23(28)27(24)20-14-12-19(13-15-20)26(2)3/h4-15H,16H2,1-3H3. The van der Waals surface area contributed by atoms with Crippen molar-refractivity contribution in [2.45, 2.75) is 17.8 Å². The van der Waals surface area contributed by atoms with Crippen LogP contribution in [-0.4, -0.2) is 23.6 Å². The highest BCUT2D eigenvalue weighted by atomic mass is 32.2. The highest BCUT2D eigenvalue weighted by Gasteiger charge is 2.13. The topological polar surface area (TPSA) is 38.1 Å². The largest absolute Gasteiger partial charge is 0.378 e. The Morgan fingerprint density at radius 2 is 1.62 bits per heavy atom. The van der Waals surface area contributed by atoms with Crippen LogP contribution in [0.2, 0.25) is 0 Å². The first-order chi connectivity index (χ1) is 14.0. The molecule has 0 saturated heterocycles. The van der Waals surface area contributed by atoms with E-state index in [1.165, 1.54) is 11.1 Å². The van der Waals surface area contributed by atoms with Gasteiger partial charge in [0.1, 0.15) is 0 Å². The van der Waals surface area contributed by atoms with Crippen molar-refractivity contribution >= 4 is 28.4 Å². The van der Waals surface area contributed by atoms with Gasteiger partial charge in [0.25, 0.3) is 5.56 Å². The Labute approximate surface area is 174 Å². The van der Waals surface area contributed by atoms with Gasteiger partial charge in [0.2, 0.25) is 0 Å². The maximum absolute atomic E-state index is 13.3. The van der Waals surface area contributed by atoms with E-state index < -0.39 is 0 Å². The van der Waals surface area contributed by atoms with Crippen LogP contribution in [0, 0.1) is 6.92 Å². The van der Waals surface area contributed by atoms with E-state index in [1.54, 1.807) is 16.3 Å². The van der Waals surface area contributed by atoms with Crippen molar-refractivity contribution < 1.29 is 0 Å². The van der Waals surface area contributed by atoms with Gasteiger partial charge in [-0.3, -0.25) is 9.36 Å². The summed E-state index contributed by atoms with van der Waals surface area (Å²) in [5.74, 6) is 0.751. The Hall–Kier alpha value is -3.05. The monoisotopic (exact) mass is 401 g/mol. The molecule has 0 aliphatic rings. The second-order valence-electron chi connectivity index (χ2n) is 7.24. The number of benzene rings is 3. The Morgan fingerprint density at radius 1 is 0.931 bits per heavy atom. The van der Waals surface area contributed by atoms with Gasteiger partial charge in [0.05, 0.1) is 16.6 Å². The minimum Gasteiger partial charge on any atom is -0.378 e. The summed E-state index contributed by atoms with van der Waals surface area (Å²) in [5, 5.41) is 1.33. The molecule has 5 heteroatoms. The predicted molar refractivity (Wildman–Crippen MR) is 122 cm³/mol. The van der Waals surface area contributed by atoms with Crippen LogP contribution in [0.1, 0.15) is 11.1 Å². The third-order valence-electron chi connectivity index (χ3n) is 4.86. The summed E-state index contributed by atoms with van der Waals surface area (Å²) in [4.78, 5) is 20.2. The Balaban J connectivity index is 1.79. The lowest BCUT2D eigenvalue weighted by molar-refractivity contribution is 0.819. The first-order valence-electron chi connectivity index (χ1n) is 9.51. The number of para-hydroxylation sites is 1. The molecule has 0 N–H and O–H groups in total. The maximum atomic E-state index is 13.3. The molecule has 0 amide bonds. The van der Waals surface area contributed by atoms with Crippen molar-refractivity contribution in [1.29, 1.82) is 0 Å². The number of hydrogen-bond donors (Lipinski definition) is 0. The summed E-state index contributed by atoms with van der Waals surface area (Å²) in [7, 11) is 4.00. The quantitative estimate of drug-likeness (QED) is 0.346. The van der Waals surface area contributed by atoms with Gasteiger partial charge in [0, 0.05) is 25.5 Å². The normalized spacial score (nSPS) is 11.0. The fourth-order valence-electron chi connectivity index (χ4n) is 3.17. The van der Waals surface area contributed by atoms with E-state index in [2.05, 4.69) is 31.2 Å². The SMILES string of the molecule is Cc1ccc(CSc2nc3ccccc3c(=O)n2-c2ccc(N(C)C)cc2)cc1. The van der Waals surface area contributed by atoms with Crippen LogP contribution in [0.25, 0.3) is 16.6 Å². The maximum Gasteiger partial charge on any atom is 0.266 e. The van der Waals surface area contributed by atoms with E-state index >= 15 is 0 Å². The predicted octanol–water partition coefficient (Wildman–Crippen LogP) is 5.05. The van der Waals surface area contributed by atoms with Gasteiger partial charge in [-0.2, -0.15) is 0 Å². The molecule has 4 rings (SSSR count). The number of aryl methyl sites for hydroxylation is 1. The molecule has 0 aliphatic heterocycles. The Kier molecular flexibility index (Phi) is 5.41. The van der Waals surface area contributed by atoms with Crippen LogP contribution >= 0.6 is 11.8 Å². The smallest absolute Gasteiger partial charge is 0.266 e. The molecule has 0 saturated carbocycles. The molecule has 0 unspecified atom stereocenters. The van der Waals surface area contributed by atoms with E-state index in [1.807, 2.05) is 67.5 Å². The van der Waals surface area contributed by atoms with Gasteiger partial charge in [-0.1, -0.05) is 53.7 Å². The van der Waals surface area contributed by atoms with Gasteiger partial charge in [-0.15, -0.1) is 0 Å². The molecular weight excluding hydrogens is 378 g/mol. The number of anilines is 1. The minimum atomic E-state index is -0.0420. The summed E-state index contributed by atoms with van der Waals surface area (Å²) in [6, 6.07) is 24.0. The summed E-state index contributed by atoms with van der Waals surface area (Å²) < 4.78 is 1.72. The zero-order valence-electron chi connectivity index (χ0n) is 16.8. The van der Waals surface area contributed by atoms with Crippen LogP contribution in [0.15, 0.2) is 82.7 Å². The molecule has 1 heterocycles. The molecule has 1 aromatic heterocycles. The van der Waals surface area contributed by atoms with Gasteiger partial charge in [-0.05, 0) is 48.9 Å². The highest BCUT2D eigenvalue weighted by Crippen LogP contribution is 2.25. The molecule has 4 nitrogen and oxygen atoms in total. The zero-order chi connectivity index (χ0) is 20.4. The summed E-state index contributed by atoms with van der Waals surface area (Å²) >= 11 is 1.58. The van der Waals surface area contributed by atoms with Crippen LogP contribution < -0.4 is 10.5 Å². The lowest BCUT2D eigenvalue weighted by Gasteiger charge is -2.16. The molecule has 0 fully saturated rings. The zero-order valence-corrected chi connectivity index (χ0v) is 17.6. The minimum absolute atomic E-state index is 0.0420. The van der Waals surface area contributed by atoms with Gasteiger partial charge >= 0.3 is 0 Å². The highest BCUT2D eigenvalue weighted by molar-refractivity contribution is 7.98. The van der Waals surface area contributed by atoms with E-state index in [-0.39, 0.29) is 5.56 Å². The average Bonchev–Trinajstić information content (AvgIpc) is 2.73. The third kappa shape index (κ3) is 4.05. The number of thioether (sulfide) groups is 1. The number of rotatable bonds is 5. The van der Waals surface area contributed by atoms with Crippen molar-refractivity contribution in [3.63, 3.8) is 0 Å². The lowest BCUT2D eigenvalue weighted by Crippen LogP contribution is -2.22. The third-order valence-corrected chi connectivity index (χ3v) is 5.87. The van der Waals surface area contributed by atoms with Crippen LogP contribution in [0.4, 0.5) is 5.69 Å². The fraction of sp³-hybridized carbons (Fsp3) is 0.167. The van der Waals surface area contributed by atoms with E-state index in [4.69, 9.17) is 4.98 Å². The van der Waals surface area contributed by atoms with Crippen LogP contribution in [0.3, 0.4) is 0 Å². The molecule has 0 spiro atoms. The van der Waals surface area contributed by atoms with Crippen molar-refractivity contribution in [1.82, 2.24) is 9.55 Å². The van der Waals surface area contributed by atoms with E-state index in [9.17, 15) is 4.79 Å². The molecule has 3 aromatic carbocycles. The fourth-order valence-corrected chi connectivity index (χ4v) is 4.14. The summed E-state index contributed by atoms with van der Waals surface area (Å²) in [6.07, 6.45) is 0. The second-order valence-corrected chi connectivity index (χ2v) is 8.18. The lowest BCUT2D eigenvalue weighted by atomic mass is 10.2. The average molecular weight is 402 g/mol. The molecule has 29 heavy (non-hydrogen) atoms. The molecule has 0 bridgehead atoms. The van der Waals surface area contributed by atoms with Crippen LogP contribution in [0.5, 0.6) is 0 Å². The molecule has 0 aliphatic carbocycles. The van der Waals surface area contributed by atoms with Crippen molar-refractivity contribution in [3.8, 4) is 5.69 Å². The summed E-state index contributed by atoms with van der Waals surface area (Å²) in [5.41, 5.74) is 5.04. The van der Waals surface area contributed by atoms with Crippen molar-refractivity contribution in [2.75, 3.05) is 19.0 Å². The molecule has 0 atom stereocenters. The Morgan fingerprint density at radius 3 is 2.31 bits per heavy atom. The summed E-state index contributed by atoms with van der Waals surface area (Å²) in [6.45, 7) is 2.08. The molecule has 0 radical (unpaired) electrons. The van der Waals surface area contributed by atoms with E-state index in [0.29, 0.717) is 10.5 Å². The van der Waals surface area contributed by atoms with Gasteiger partial charge in [0.15, 0.2) is 5.16 Å². The van der Waals surface area contributed by atoms with Gasteiger partial charge < -0.3 is 4.90 Å². The van der Waals surface area contributed by atoms with Crippen molar-refractivity contribution in [2.24, 2.45) is 0 Å². The first kappa shape index (κ1) is 19.3. The second kappa shape index (κ2) is 8.13. The number of hydrogen-bond acceptors (Lipinski definition) is 4. The molecule has 4 aromatic rings. The Bertz CT molecular complexity index is 1200.